The van der Waals surface area contributed by atoms with Gasteiger partial charge in [0.15, 0.2) is 0 Å². The van der Waals surface area contributed by atoms with Crippen LogP contribution in [0.3, 0.4) is 0 Å². The molecule has 62 heavy (non-hydrogen) atoms. The van der Waals surface area contributed by atoms with Gasteiger partial charge < -0.3 is 9.47 Å². The van der Waals surface area contributed by atoms with Crippen molar-refractivity contribution >= 4 is 38.9 Å². The maximum Gasteiger partial charge on any atom is 0.0561 e. The largest absolute Gasteiger partial charge is 0.310 e. The van der Waals surface area contributed by atoms with E-state index >= 15 is 0 Å². The molecule has 1 heterocycles. The quantitative estimate of drug-likeness (QED) is 0.172. The first-order valence-electron chi connectivity index (χ1n) is 24.0. The van der Waals surface area contributed by atoms with Gasteiger partial charge in [-0.15, -0.1) is 0 Å². The van der Waals surface area contributed by atoms with E-state index in [9.17, 15) is 0 Å². The maximum atomic E-state index is 2.65. The summed E-state index contributed by atoms with van der Waals surface area (Å²) >= 11 is 0. The van der Waals surface area contributed by atoms with Crippen LogP contribution in [0.4, 0.5) is 17.1 Å². The predicted molar refractivity (Wildman–Crippen MR) is 255 cm³/mol. The molecule has 2 nitrogen and oxygen atoms in total. The first-order chi connectivity index (χ1) is 30.7. The molecule has 6 bridgehead atoms. The van der Waals surface area contributed by atoms with Gasteiger partial charge in [0, 0.05) is 44.4 Å². The van der Waals surface area contributed by atoms with Crippen molar-refractivity contribution < 1.29 is 0 Å². The molecule has 0 amide bonds. The van der Waals surface area contributed by atoms with Gasteiger partial charge in [0.25, 0.3) is 0 Å². The highest BCUT2D eigenvalue weighted by Gasteiger charge is 2.60. The molecule has 8 aliphatic carbocycles. The fourth-order valence-electron chi connectivity index (χ4n) is 16.3. The number of para-hydroxylation sites is 2. The molecule has 0 aliphatic heterocycles. The molecular weight excluding hydrogens is 749 g/mol. The van der Waals surface area contributed by atoms with Crippen LogP contribution in [0.25, 0.3) is 49.7 Å². The minimum Gasteiger partial charge on any atom is -0.310 e. The maximum absolute atomic E-state index is 2.65. The molecule has 6 saturated carbocycles. The summed E-state index contributed by atoms with van der Waals surface area (Å²) in [5, 5.41) is 2.59. The lowest BCUT2D eigenvalue weighted by molar-refractivity contribution is 0.0618. The second kappa shape index (κ2) is 12.4. The molecule has 6 fully saturated rings. The zero-order valence-corrected chi connectivity index (χ0v) is 35.4. The Morgan fingerprint density at radius 3 is 1.90 bits per heavy atom. The van der Waals surface area contributed by atoms with Crippen molar-refractivity contribution in [3.8, 4) is 27.9 Å². The monoisotopic (exact) mass is 800 g/mol. The number of rotatable bonds is 4. The fraction of sp³-hybridized carbons (Fsp3) is 0.300. The van der Waals surface area contributed by atoms with Gasteiger partial charge in [0.1, 0.15) is 0 Å². The molecule has 16 rings (SSSR count). The average Bonchev–Trinajstić information content (AvgIpc) is 4.10. The van der Waals surface area contributed by atoms with Crippen LogP contribution < -0.4 is 4.90 Å². The molecule has 0 radical (unpaired) electrons. The molecule has 2 spiro atoms. The summed E-state index contributed by atoms with van der Waals surface area (Å²) in [6, 6.07) is 61.7. The highest BCUT2D eigenvalue weighted by Crippen LogP contribution is 2.69. The van der Waals surface area contributed by atoms with Crippen molar-refractivity contribution in [3.63, 3.8) is 0 Å². The summed E-state index contributed by atoms with van der Waals surface area (Å²) < 4.78 is 2.48. The smallest absolute Gasteiger partial charge is 0.0561 e. The van der Waals surface area contributed by atoms with Gasteiger partial charge in [-0.3, -0.25) is 0 Å². The first kappa shape index (κ1) is 34.7. The van der Waals surface area contributed by atoms with Gasteiger partial charge in [-0.1, -0.05) is 116 Å². The predicted octanol–water partition coefficient (Wildman–Crippen LogP) is 15.5. The number of aromatic nitrogens is 1. The van der Waals surface area contributed by atoms with E-state index in [4.69, 9.17) is 0 Å². The fourth-order valence-corrected chi connectivity index (χ4v) is 16.3. The number of fused-ring (bicyclic) bond motifs is 15. The summed E-state index contributed by atoms with van der Waals surface area (Å²) in [6.45, 7) is 0. The SMILES string of the molecule is c1ccc(-n2c3ccccc3c3ccc(N(c4ccc5c(c4)-c4ccccc4C54C5CCC6CC(C5)CC4C6)c4ccc5c(c4)C4(CC6CCC4C6)c4ccccc4-5)cc32)cc1. The van der Waals surface area contributed by atoms with Crippen molar-refractivity contribution in [3.05, 3.63) is 180 Å². The number of benzene rings is 7. The standard InChI is InChI=1S/C60H52N2/c1-2-10-43(11-3-1)62-57-17-9-6-14-50(57)51-26-23-46(35-58(51)62)61(45-22-25-49-47-12-4-7-15-53(47)59(56(49)34-45)36-38-19-20-40(59)30-38)44-24-27-55-52(33-44)48-13-5-8-16-54(48)60(55)41-21-18-37-28-39(31-41)32-42(60)29-37/h1-17,22-27,33-35,37-42H,18-21,28-32,36H2. The van der Waals surface area contributed by atoms with Crippen LogP contribution in [0.2, 0.25) is 0 Å². The average molecular weight is 801 g/mol. The number of hydrogen-bond acceptors (Lipinski definition) is 1. The summed E-state index contributed by atoms with van der Waals surface area (Å²) in [5.74, 6) is 4.87. The Bertz CT molecular complexity index is 3160. The van der Waals surface area contributed by atoms with Gasteiger partial charge >= 0.3 is 0 Å². The van der Waals surface area contributed by atoms with E-state index in [-0.39, 0.29) is 10.8 Å². The molecular formula is C60H52N2. The minimum atomic E-state index is 0.113. The van der Waals surface area contributed by atoms with E-state index in [1.807, 2.05) is 0 Å². The van der Waals surface area contributed by atoms with Crippen molar-refractivity contribution in [2.24, 2.45) is 35.5 Å². The van der Waals surface area contributed by atoms with E-state index in [1.165, 1.54) is 131 Å². The highest BCUT2D eigenvalue weighted by molar-refractivity contribution is 6.10. The second-order valence-electron chi connectivity index (χ2n) is 20.8. The summed E-state index contributed by atoms with van der Waals surface area (Å²) in [5.41, 5.74) is 20.0. The molecule has 2 heteroatoms. The molecule has 1 aromatic heterocycles. The number of anilines is 3. The third-order valence-corrected chi connectivity index (χ3v) is 18.3. The summed E-state index contributed by atoms with van der Waals surface area (Å²) in [7, 11) is 0. The summed E-state index contributed by atoms with van der Waals surface area (Å²) in [6.07, 6.45) is 13.9. The van der Waals surface area contributed by atoms with Crippen molar-refractivity contribution in [2.45, 2.75) is 75.0 Å². The zero-order valence-electron chi connectivity index (χ0n) is 35.4. The molecule has 302 valence electrons. The van der Waals surface area contributed by atoms with Gasteiger partial charge in [0.2, 0.25) is 0 Å². The Hall–Kier alpha value is -5.86. The highest BCUT2D eigenvalue weighted by atomic mass is 15.1. The number of nitrogens with zero attached hydrogens (tertiary/aromatic N) is 2. The molecule has 8 aromatic rings. The lowest BCUT2D eigenvalue weighted by atomic mass is 9.51. The molecule has 8 unspecified atom stereocenters. The van der Waals surface area contributed by atoms with Gasteiger partial charge in [-0.25, -0.2) is 0 Å². The van der Waals surface area contributed by atoms with E-state index < -0.39 is 0 Å². The van der Waals surface area contributed by atoms with Crippen LogP contribution in [-0.4, -0.2) is 4.57 Å². The normalized spacial score (nSPS) is 29.1. The van der Waals surface area contributed by atoms with Crippen LogP contribution in [0.15, 0.2) is 158 Å². The third kappa shape index (κ3) is 4.37. The van der Waals surface area contributed by atoms with E-state index in [2.05, 4.69) is 167 Å². The molecule has 0 N–H and O–H groups in total. The van der Waals surface area contributed by atoms with Gasteiger partial charge in [-0.05, 0) is 186 Å². The van der Waals surface area contributed by atoms with Crippen LogP contribution in [-0.2, 0) is 10.8 Å². The summed E-state index contributed by atoms with van der Waals surface area (Å²) in [4.78, 5) is 2.63. The van der Waals surface area contributed by atoms with E-state index in [0.29, 0.717) is 5.92 Å². The zero-order chi connectivity index (χ0) is 40.3. The Morgan fingerprint density at radius 1 is 0.403 bits per heavy atom. The van der Waals surface area contributed by atoms with Crippen LogP contribution >= 0.6 is 0 Å². The number of hydrogen-bond donors (Lipinski definition) is 0. The van der Waals surface area contributed by atoms with Crippen molar-refractivity contribution in [1.29, 1.82) is 0 Å². The first-order valence-corrected chi connectivity index (χ1v) is 24.0. The Morgan fingerprint density at radius 2 is 1.03 bits per heavy atom. The van der Waals surface area contributed by atoms with Crippen LogP contribution in [0.5, 0.6) is 0 Å². The molecule has 0 saturated heterocycles. The minimum absolute atomic E-state index is 0.113. The second-order valence-corrected chi connectivity index (χ2v) is 20.8. The van der Waals surface area contributed by atoms with Gasteiger partial charge in [0.05, 0.1) is 11.0 Å². The molecule has 7 aromatic carbocycles. The third-order valence-electron chi connectivity index (χ3n) is 18.3. The molecule has 8 atom stereocenters. The topological polar surface area (TPSA) is 8.17 Å². The Balaban J connectivity index is 0.972. The Kier molecular flexibility index (Phi) is 6.94. The lowest BCUT2D eigenvalue weighted by Crippen LogP contribution is -2.48. The van der Waals surface area contributed by atoms with Crippen LogP contribution in [0, 0.1) is 35.5 Å². The van der Waals surface area contributed by atoms with Crippen LogP contribution in [0.1, 0.15) is 86.5 Å². The Labute approximate surface area is 365 Å². The van der Waals surface area contributed by atoms with Crippen molar-refractivity contribution in [1.82, 2.24) is 4.57 Å². The van der Waals surface area contributed by atoms with E-state index in [1.54, 1.807) is 22.3 Å². The van der Waals surface area contributed by atoms with Crippen molar-refractivity contribution in [2.75, 3.05) is 4.90 Å². The van der Waals surface area contributed by atoms with E-state index in [0.717, 1.165) is 29.6 Å². The lowest BCUT2D eigenvalue weighted by Gasteiger charge is -2.53. The molecule has 8 aliphatic rings. The van der Waals surface area contributed by atoms with Gasteiger partial charge in [-0.2, -0.15) is 0 Å².